The van der Waals surface area contributed by atoms with Gasteiger partial charge in [-0.1, -0.05) is 0 Å². The fourth-order valence-corrected chi connectivity index (χ4v) is 1.58. The summed E-state index contributed by atoms with van der Waals surface area (Å²) >= 11 is 0. The topological polar surface area (TPSA) is 130 Å². The lowest BCUT2D eigenvalue weighted by Crippen LogP contribution is -2.42. The molecule has 0 bridgehead atoms. The number of carboxylic acid groups (broad SMARTS) is 1. The number of carbonyl (C=O) groups is 5. The van der Waals surface area contributed by atoms with E-state index in [1.54, 1.807) is 0 Å². The Morgan fingerprint density at radius 2 is 1.82 bits per heavy atom. The van der Waals surface area contributed by atoms with E-state index in [9.17, 15) is 24.0 Å². The summed E-state index contributed by atoms with van der Waals surface area (Å²) in [4.78, 5) is 56.4. The number of nitrogens with one attached hydrogen (secondary N) is 1. The zero-order chi connectivity index (χ0) is 16.7. The molecule has 2 N–H and O–H groups in total. The van der Waals surface area contributed by atoms with Gasteiger partial charge in [-0.15, -0.1) is 0 Å². The third kappa shape index (κ3) is 5.73. The van der Waals surface area contributed by atoms with Crippen LogP contribution in [-0.2, 0) is 28.7 Å². The highest BCUT2D eigenvalue weighted by molar-refractivity contribution is 6.14. The van der Waals surface area contributed by atoms with Crippen molar-refractivity contribution in [2.24, 2.45) is 0 Å². The molecule has 9 nitrogen and oxygen atoms in total. The van der Waals surface area contributed by atoms with Crippen LogP contribution in [0, 0.1) is 0 Å². The van der Waals surface area contributed by atoms with Gasteiger partial charge in [-0.25, -0.2) is 0 Å². The molecule has 1 aliphatic heterocycles. The minimum absolute atomic E-state index is 0.0126. The number of nitrogens with zero attached hydrogens (tertiary/aromatic N) is 1. The second kappa shape index (κ2) is 7.91. The quantitative estimate of drug-likeness (QED) is 0.426. The first kappa shape index (κ1) is 17.3. The SMILES string of the molecule is C[C@@H](CNC(=O)CN1C(=O)C=CC1=O)OC(=O)CCC(=O)O. The van der Waals surface area contributed by atoms with Gasteiger partial charge in [0.1, 0.15) is 12.6 Å². The van der Waals surface area contributed by atoms with Gasteiger partial charge in [0, 0.05) is 12.2 Å². The van der Waals surface area contributed by atoms with Crippen LogP contribution in [0.15, 0.2) is 12.2 Å². The first-order valence-corrected chi connectivity index (χ1v) is 6.51. The predicted octanol–water partition coefficient (Wildman–Crippen LogP) is -1.18. The van der Waals surface area contributed by atoms with Gasteiger partial charge in [-0.05, 0) is 6.92 Å². The smallest absolute Gasteiger partial charge is 0.306 e. The molecule has 0 saturated carbocycles. The summed E-state index contributed by atoms with van der Waals surface area (Å²) in [6.45, 7) is 1.10. The Morgan fingerprint density at radius 1 is 1.23 bits per heavy atom. The molecule has 0 aromatic rings. The summed E-state index contributed by atoms with van der Waals surface area (Å²) in [6.07, 6.45) is 0.902. The fraction of sp³-hybridized carbons (Fsp3) is 0.462. The van der Waals surface area contributed by atoms with Crippen molar-refractivity contribution in [3.63, 3.8) is 0 Å². The van der Waals surface area contributed by atoms with Crippen LogP contribution in [0.25, 0.3) is 0 Å². The van der Waals surface area contributed by atoms with E-state index in [-0.39, 0.29) is 19.4 Å². The van der Waals surface area contributed by atoms with Crippen molar-refractivity contribution in [3.05, 3.63) is 12.2 Å². The molecule has 0 radical (unpaired) electrons. The van der Waals surface area contributed by atoms with Crippen molar-refractivity contribution in [2.75, 3.05) is 13.1 Å². The van der Waals surface area contributed by atoms with Gasteiger partial charge in [-0.3, -0.25) is 28.9 Å². The van der Waals surface area contributed by atoms with E-state index >= 15 is 0 Å². The summed E-state index contributed by atoms with van der Waals surface area (Å²) in [7, 11) is 0. The number of aliphatic carboxylic acids is 1. The number of carbonyl (C=O) groups excluding carboxylic acids is 4. The molecule has 0 aromatic carbocycles. The minimum atomic E-state index is -1.11. The first-order chi connectivity index (χ1) is 10.3. The van der Waals surface area contributed by atoms with Gasteiger partial charge in [0.15, 0.2) is 0 Å². The second-order valence-corrected chi connectivity index (χ2v) is 4.59. The van der Waals surface area contributed by atoms with Crippen molar-refractivity contribution in [1.29, 1.82) is 0 Å². The van der Waals surface area contributed by atoms with E-state index < -0.39 is 42.3 Å². The number of amides is 3. The van der Waals surface area contributed by atoms with Gasteiger partial charge in [-0.2, -0.15) is 0 Å². The third-order valence-corrected chi connectivity index (χ3v) is 2.66. The lowest BCUT2D eigenvalue weighted by atomic mass is 10.3. The van der Waals surface area contributed by atoms with Crippen LogP contribution < -0.4 is 5.32 Å². The average Bonchev–Trinajstić information content (AvgIpc) is 2.75. The monoisotopic (exact) mass is 312 g/mol. The van der Waals surface area contributed by atoms with Gasteiger partial charge in [0.25, 0.3) is 11.8 Å². The normalized spacial score (nSPS) is 14.9. The van der Waals surface area contributed by atoms with E-state index in [2.05, 4.69) is 5.32 Å². The maximum absolute atomic E-state index is 11.6. The number of carboxylic acids is 1. The van der Waals surface area contributed by atoms with Crippen LogP contribution in [0.3, 0.4) is 0 Å². The molecular weight excluding hydrogens is 296 g/mol. The first-order valence-electron chi connectivity index (χ1n) is 6.51. The number of ether oxygens (including phenoxy) is 1. The molecule has 120 valence electrons. The van der Waals surface area contributed by atoms with Crippen LogP contribution in [0.4, 0.5) is 0 Å². The molecule has 1 heterocycles. The lowest BCUT2D eigenvalue weighted by molar-refractivity contribution is -0.151. The third-order valence-electron chi connectivity index (χ3n) is 2.66. The fourth-order valence-electron chi connectivity index (χ4n) is 1.58. The standard InChI is InChI=1S/C13H16N2O7/c1-8(22-13(21)5-4-12(19)20)6-14-9(16)7-15-10(17)2-3-11(15)18/h2-3,8H,4-7H2,1H3,(H,14,16)(H,19,20)/t8-/m0/s1. The number of esters is 1. The van der Waals surface area contributed by atoms with Gasteiger partial charge in [0.05, 0.1) is 19.4 Å². The molecule has 0 spiro atoms. The van der Waals surface area contributed by atoms with Crippen molar-refractivity contribution >= 4 is 29.7 Å². The summed E-state index contributed by atoms with van der Waals surface area (Å²) < 4.78 is 4.89. The van der Waals surface area contributed by atoms with E-state index in [1.807, 2.05) is 0 Å². The lowest BCUT2D eigenvalue weighted by Gasteiger charge is -2.16. The van der Waals surface area contributed by atoms with Gasteiger partial charge < -0.3 is 15.2 Å². The van der Waals surface area contributed by atoms with E-state index in [0.29, 0.717) is 0 Å². The molecule has 1 rings (SSSR count). The van der Waals surface area contributed by atoms with Crippen molar-refractivity contribution in [3.8, 4) is 0 Å². The molecule has 9 heteroatoms. The van der Waals surface area contributed by atoms with Crippen LogP contribution in [0.2, 0.25) is 0 Å². The Kier molecular flexibility index (Phi) is 6.24. The zero-order valence-electron chi connectivity index (χ0n) is 11.9. The highest BCUT2D eigenvalue weighted by Gasteiger charge is 2.25. The van der Waals surface area contributed by atoms with E-state index in [4.69, 9.17) is 9.84 Å². The summed E-state index contributed by atoms with van der Waals surface area (Å²) in [5.74, 6) is -3.48. The molecule has 1 aliphatic rings. The summed E-state index contributed by atoms with van der Waals surface area (Å²) in [5, 5.41) is 10.8. The van der Waals surface area contributed by atoms with Crippen LogP contribution in [-0.4, -0.2) is 58.9 Å². The molecule has 1 atom stereocenters. The Balaban J connectivity index is 2.26. The van der Waals surface area contributed by atoms with Gasteiger partial charge in [0.2, 0.25) is 5.91 Å². The maximum Gasteiger partial charge on any atom is 0.306 e. The number of hydrogen-bond acceptors (Lipinski definition) is 6. The van der Waals surface area contributed by atoms with Crippen molar-refractivity contribution < 1.29 is 33.8 Å². The average molecular weight is 312 g/mol. The Morgan fingerprint density at radius 3 is 2.36 bits per heavy atom. The molecule has 0 aliphatic carbocycles. The van der Waals surface area contributed by atoms with Gasteiger partial charge >= 0.3 is 11.9 Å². The molecular formula is C13H16N2O7. The van der Waals surface area contributed by atoms with Crippen LogP contribution in [0.5, 0.6) is 0 Å². The number of hydrogen-bond donors (Lipinski definition) is 2. The van der Waals surface area contributed by atoms with Crippen LogP contribution >= 0.6 is 0 Å². The minimum Gasteiger partial charge on any atom is -0.481 e. The Bertz CT molecular complexity index is 508. The summed E-state index contributed by atoms with van der Waals surface area (Å²) in [5.41, 5.74) is 0. The molecule has 0 fully saturated rings. The predicted molar refractivity (Wildman–Crippen MR) is 71.3 cm³/mol. The number of rotatable bonds is 8. The van der Waals surface area contributed by atoms with E-state index in [0.717, 1.165) is 17.1 Å². The van der Waals surface area contributed by atoms with E-state index in [1.165, 1.54) is 6.92 Å². The maximum atomic E-state index is 11.6. The summed E-state index contributed by atoms with van der Waals surface area (Å²) in [6, 6.07) is 0. The molecule has 3 amide bonds. The van der Waals surface area contributed by atoms with Crippen molar-refractivity contribution in [1.82, 2.24) is 10.2 Å². The molecule has 0 aromatic heterocycles. The molecule has 0 unspecified atom stereocenters. The molecule has 0 saturated heterocycles. The van der Waals surface area contributed by atoms with Crippen molar-refractivity contribution in [2.45, 2.75) is 25.9 Å². The highest BCUT2D eigenvalue weighted by atomic mass is 16.5. The Labute approximate surface area is 125 Å². The molecule has 22 heavy (non-hydrogen) atoms. The Hall–Kier alpha value is -2.71. The largest absolute Gasteiger partial charge is 0.481 e. The zero-order valence-corrected chi connectivity index (χ0v) is 11.9. The van der Waals surface area contributed by atoms with Crippen LogP contribution in [0.1, 0.15) is 19.8 Å². The highest BCUT2D eigenvalue weighted by Crippen LogP contribution is 2.02. The number of imide groups is 1. The second-order valence-electron chi connectivity index (χ2n) is 4.59.